The zero-order valence-corrected chi connectivity index (χ0v) is 12.8. The van der Waals surface area contributed by atoms with Gasteiger partial charge in [0.15, 0.2) is 0 Å². The molecule has 2 heterocycles. The summed E-state index contributed by atoms with van der Waals surface area (Å²) in [6.07, 6.45) is 4.14. The fourth-order valence-electron chi connectivity index (χ4n) is 3.21. The highest BCUT2D eigenvalue weighted by Crippen LogP contribution is 2.22. The van der Waals surface area contributed by atoms with E-state index in [2.05, 4.69) is 39.8 Å². The lowest BCUT2D eigenvalue weighted by Gasteiger charge is -2.23. The van der Waals surface area contributed by atoms with Gasteiger partial charge in [0.05, 0.1) is 0 Å². The van der Waals surface area contributed by atoms with Gasteiger partial charge in [0, 0.05) is 26.4 Å². The van der Waals surface area contributed by atoms with Gasteiger partial charge in [-0.1, -0.05) is 30.3 Å². The van der Waals surface area contributed by atoms with Gasteiger partial charge in [-0.25, -0.2) is 9.30 Å². The molecule has 1 saturated heterocycles. The number of rotatable bonds is 4. The molecule has 4 heteroatoms. The predicted molar refractivity (Wildman–Crippen MR) is 82.7 cm³/mol. The maximum atomic E-state index is 11.7. The maximum Gasteiger partial charge on any atom is 0.247 e. The highest BCUT2D eigenvalue weighted by Gasteiger charge is 2.27. The van der Waals surface area contributed by atoms with Gasteiger partial charge in [-0.15, -0.1) is 0 Å². The van der Waals surface area contributed by atoms with Crippen LogP contribution in [0.4, 0.5) is 0 Å². The van der Waals surface area contributed by atoms with E-state index in [1.54, 1.807) is 6.33 Å². The second-order valence-corrected chi connectivity index (χ2v) is 6.02. The molecular formula is C17H23N3O. The van der Waals surface area contributed by atoms with Crippen molar-refractivity contribution in [1.82, 2.24) is 9.47 Å². The Balaban J connectivity index is 1.71. The lowest BCUT2D eigenvalue weighted by Crippen LogP contribution is -2.33. The van der Waals surface area contributed by atoms with Crippen LogP contribution in [-0.2, 0) is 13.1 Å². The minimum atomic E-state index is 0.524. The molecule has 1 aliphatic rings. The summed E-state index contributed by atoms with van der Waals surface area (Å²) in [5, 5.41) is 11.7. The largest absolute Gasteiger partial charge is 0.711 e. The van der Waals surface area contributed by atoms with Crippen LogP contribution in [0.5, 0.6) is 0 Å². The zero-order valence-electron chi connectivity index (χ0n) is 12.8. The summed E-state index contributed by atoms with van der Waals surface area (Å²) in [6, 6.07) is 11.2. The van der Waals surface area contributed by atoms with Gasteiger partial charge >= 0.3 is 0 Å². The second kappa shape index (κ2) is 5.90. The van der Waals surface area contributed by atoms with Gasteiger partial charge in [0.25, 0.3) is 0 Å². The van der Waals surface area contributed by atoms with Gasteiger partial charge < -0.3 is 5.21 Å². The van der Waals surface area contributed by atoms with E-state index in [0.29, 0.717) is 6.04 Å². The molecule has 0 N–H and O–H groups in total. The standard InChI is InChI=1S/C17H23N3O/c1-14-15(2)20(21)13-19(14)12-17-9-6-10-18(17)11-16-7-4-3-5-8-16/h3-5,7-8,13,17H,6,9-12H2,1-2H3/t17-/m0/s1. The number of hydrogen-bond donors (Lipinski definition) is 0. The van der Waals surface area contributed by atoms with E-state index in [1.165, 1.54) is 18.4 Å². The molecule has 0 spiro atoms. The molecule has 0 saturated carbocycles. The van der Waals surface area contributed by atoms with Crippen LogP contribution in [0.25, 0.3) is 0 Å². The van der Waals surface area contributed by atoms with Crippen LogP contribution in [0.1, 0.15) is 29.8 Å². The van der Waals surface area contributed by atoms with Crippen molar-refractivity contribution < 1.29 is 4.73 Å². The summed E-state index contributed by atoms with van der Waals surface area (Å²) in [4.78, 5) is 2.54. The molecule has 112 valence electrons. The summed E-state index contributed by atoms with van der Waals surface area (Å²) in [6.45, 7) is 6.97. The zero-order chi connectivity index (χ0) is 14.8. The van der Waals surface area contributed by atoms with Gasteiger partial charge in [0.2, 0.25) is 6.33 Å². The topological polar surface area (TPSA) is 35.1 Å². The third-order valence-corrected chi connectivity index (χ3v) is 4.66. The van der Waals surface area contributed by atoms with Gasteiger partial charge in [-0.2, -0.15) is 0 Å². The van der Waals surface area contributed by atoms with Crippen LogP contribution in [0.15, 0.2) is 36.7 Å². The molecule has 0 unspecified atom stereocenters. The van der Waals surface area contributed by atoms with Crippen molar-refractivity contribution in [2.45, 2.75) is 45.8 Å². The monoisotopic (exact) mass is 285 g/mol. The Morgan fingerprint density at radius 1 is 1.24 bits per heavy atom. The van der Waals surface area contributed by atoms with E-state index >= 15 is 0 Å². The Morgan fingerprint density at radius 2 is 2.00 bits per heavy atom. The Hall–Kier alpha value is -1.81. The van der Waals surface area contributed by atoms with Crippen LogP contribution in [-0.4, -0.2) is 22.1 Å². The number of hydrogen-bond acceptors (Lipinski definition) is 2. The Bertz CT molecular complexity index is 606. The Labute approximate surface area is 126 Å². The van der Waals surface area contributed by atoms with Crippen molar-refractivity contribution in [3.05, 3.63) is 58.8 Å². The molecule has 4 nitrogen and oxygen atoms in total. The molecule has 0 aliphatic carbocycles. The third-order valence-electron chi connectivity index (χ3n) is 4.66. The lowest BCUT2D eigenvalue weighted by molar-refractivity contribution is -0.611. The van der Waals surface area contributed by atoms with E-state index in [4.69, 9.17) is 0 Å². The normalized spacial score (nSPS) is 19.2. The van der Waals surface area contributed by atoms with E-state index in [-0.39, 0.29) is 0 Å². The molecule has 3 rings (SSSR count). The summed E-state index contributed by atoms with van der Waals surface area (Å²) < 4.78 is 3.09. The number of imidazole rings is 1. The number of likely N-dealkylation sites (tertiary alicyclic amines) is 1. The number of nitrogens with zero attached hydrogens (tertiary/aromatic N) is 3. The minimum Gasteiger partial charge on any atom is -0.711 e. The van der Waals surface area contributed by atoms with Crippen molar-refractivity contribution in [3.63, 3.8) is 0 Å². The Morgan fingerprint density at radius 3 is 2.67 bits per heavy atom. The summed E-state index contributed by atoms with van der Waals surface area (Å²) in [5.41, 5.74) is 3.25. The molecule has 1 atom stereocenters. The van der Waals surface area contributed by atoms with Gasteiger partial charge in [-0.05, 0) is 24.9 Å². The minimum absolute atomic E-state index is 0.524. The summed E-state index contributed by atoms with van der Waals surface area (Å²) in [5.74, 6) is 0. The van der Waals surface area contributed by atoms with Crippen LogP contribution < -0.4 is 4.73 Å². The van der Waals surface area contributed by atoms with E-state index in [0.717, 1.165) is 35.8 Å². The van der Waals surface area contributed by atoms with Crippen molar-refractivity contribution in [2.75, 3.05) is 6.54 Å². The molecule has 0 bridgehead atoms. The fraction of sp³-hybridized carbons (Fsp3) is 0.471. The average Bonchev–Trinajstić information content (AvgIpc) is 3.01. The first-order chi connectivity index (χ1) is 10.1. The van der Waals surface area contributed by atoms with Crippen molar-refractivity contribution in [2.24, 2.45) is 0 Å². The van der Waals surface area contributed by atoms with Crippen LogP contribution in [0.2, 0.25) is 0 Å². The summed E-state index contributed by atoms with van der Waals surface area (Å²) in [7, 11) is 0. The van der Waals surface area contributed by atoms with E-state index in [9.17, 15) is 5.21 Å². The highest BCUT2D eigenvalue weighted by atomic mass is 16.5. The van der Waals surface area contributed by atoms with Crippen molar-refractivity contribution in [3.8, 4) is 0 Å². The van der Waals surface area contributed by atoms with E-state index in [1.807, 2.05) is 13.8 Å². The SMILES string of the molecule is Cc1c(C)[n+]([O-])cn1C[C@@H]1CCCN1Cc1ccccc1. The smallest absolute Gasteiger partial charge is 0.247 e. The van der Waals surface area contributed by atoms with E-state index < -0.39 is 0 Å². The first-order valence-electron chi connectivity index (χ1n) is 7.68. The molecule has 1 aliphatic heterocycles. The first-order valence-corrected chi connectivity index (χ1v) is 7.68. The van der Waals surface area contributed by atoms with Crippen molar-refractivity contribution in [1.29, 1.82) is 0 Å². The van der Waals surface area contributed by atoms with Gasteiger partial charge in [-0.3, -0.25) is 4.90 Å². The number of aromatic nitrogens is 2. The van der Waals surface area contributed by atoms with Crippen LogP contribution in [0, 0.1) is 19.1 Å². The van der Waals surface area contributed by atoms with Crippen LogP contribution in [0.3, 0.4) is 0 Å². The molecule has 0 radical (unpaired) electrons. The maximum absolute atomic E-state index is 11.7. The second-order valence-electron chi connectivity index (χ2n) is 6.02. The quantitative estimate of drug-likeness (QED) is 0.639. The molecule has 1 aromatic carbocycles. The molecular weight excluding hydrogens is 262 g/mol. The van der Waals surface area contributed by atoms with Crippen LogP contribution >= 0.6 is 0 Å². The highest BCUT2D eigenvalue weighted by molar-refractivity contribution is 5.15. The third kappa shape index (κ3) is 2.95. The fourth-order valence-corrected chi connectivity index (χ4v) is 3.21. The van der Waals surface area contributed by atoms with Gasteiger partial charge in [0.1, 0.15) is 17.9 Å². The molecule has 1 aromatic heterocycles. The molecule has 2 aromatic rings. The molecule has 1 fully saturated rings. The Kier molecular flexibility index (Phi) is 3.97. The molecule has 0 amide bonds. The van der Waals surface area contributed by atoms with Crippen molar-refractivity contribution >= 4 is 0 Å². The lowest BCUT2D eigenvalue weighted by atomic mass is 10.2. The average molecular weight is 285 g/mol. The summed E-state index contributed by atoms with van der Waals surface area (Å²) >= 11 is 0. The number of benzene rings is 1. The first kappa shape index (κ1) is 14.1. The predicted octanol–water partition coefficient (Wildman–Crippen LogP) is 2.40. The molecule has 21 heavy (non-hydrogen) atoms.